The molecule has 1 unspecified atom stereocenters. The van der Waals surface area contributed by atoms with Gasteiger partial charge in [-0.3, -0.25) is 0 Å². The second-order valence-electron chi connectivity index (χ2n) is 4.66. The number of hydrogen-bond donors (Lipinski definition) is 1. The van der Waals surface area contributed by atoms with Crippen LogP contribution < -0.4 is 5.32 Å². The molecule has 0 aliphatic heterocycles. The van der Waals surface area contributed by atoms with Gasteiger partial charge in [0.15, 0.2) is 0 Å². The standard InChI is InChI=1S/C15H14BrN3O/c1-9(17-2)14-18-19-15(20-14)12-4-3-11-8-13(16)6-5-10(11)7-12/h3-9,17H,1-2H3. The molecule has 1 heterocycles. The fraction of sp³-hybridized carbons (Fsp3) is 0.200. The molecule has 4 nitrogen and oxygen atoms in total. The van der Waals surface area contributed by atoms with Crippen LogP contribution in [0.5, 0.6) is 0 Å². The average Bonchev–Trinajstić information content (AvgIpc) is 2.95. The summed E-state index contributed by atoms with van der Waals surface area (Å²) in [6, 6.07) is 12.3. The Bertz CT molecular complexity index is 754. The van der Waals surface area contributed by atoms with Gasteiger partial charge in [-0.2, -0.15) is 0 Å². The van der Waals surface area contributed by atoms with E-state index in [1.165, 1.54) is 5.39 Å². The predicted octanol–water partition coefficient (Wildman–Crippen LogP) is 3.93. The van der Waals surface area contributed by atoms with E-state index in [4.69, 9.17) is 4.42 Å². The maximum Gasteiger partial charge on any atom is 0.247 e. The smallest absolute Gasteiger partial charge is 0.247 e. The molecule has 2 aromatic carbocycles. The molecule has 0 aliphatic carbocycles. The number of fused-ring (bicyclic) bond motifs is 1. The number of hydrogen-bond acceptors (Lipinski definition) is 4. The zero-order chi connectivity index (χ0) is 14.1. The SMILES string of the molecule is CNC(C)c1nnc(-c2ccc3cc(Br)ccc3c2)o1. The van der Waals surface area contributed by atoms with Gasteiger partial charge in [0.2, 0.25) is 11.8 Å². The van der Waals surface area contributed by atoms with Gasteiger partial charge >= 0.3 is 0 Å². The van der Waals surface area contributed by atoms with Gasteiger partial charge in [-0.25, -0.2) is 0 Å². The van der Waals surface area contributed by atoms with Gasteiger partial charge in [-0.15, -0.1) is 10.2 Å². The molecule has 1 atom stereocenters. The van der Waals surface area contributed by atoms with Crippen molar-refractivity contribution in [2.45, 2.75) is 13.0 Å². The number of nitrogens with zero attached hydrogens (tertiary/aromatic N) is 2. The van der Waals surface area contributed by atoms with Crippen LogP contribution in [-0.2, 0) is 0 Å². The van der Waals surface area contributed by atoms with E-state index >= 15 is 0 Å². The van der Waals surface area contributed by atoms with Gasteiger partial charge in [0.05, 0.1) is 6.04 Å². The molecule has 102 valence electrons. The van der Waals surface area contributed by atoms with E-state index < -0.39 is 0 Å². The second-order valence-corrected chi connectivity index (χ2v) is 5.58. The quantitative estimate of drug-likeness (QED) is 0.789. The first-order valence-corrected chi connectivity index (χ1v) is 7.17. The van der Waals surface area contributed by atoms with Crippen molar-refractivity contribution in [3.63, 3.8) is 0 Å². The first-order valence-electron chi connectivity index (χ1n) is 6.38. The highest BCUT2D eigenvalue weighted by molar-refractivity contribution is 9.10. The summed E-state index contributed by atoms with van der Waals surface area (Å²) in [6.07, 6.45) is 0. The van der Waals surface area contributed by atoms with Crippen LogP contribution in [0.3, 0.4) is 0 Å². The Labute approximate surface area is 125 Å². The van der Waals surface area contributed by atoms with Crippen LogP contribution in [0.1, 0.15) is 18.9 Å². The Morgan fingerprint density at radius 3 is 2.65 bits per heavy atom. The van der Waals surface area contributed by atoms with Crippen LogP contribution in [0.4, 0.5) is 0 Å². The second kappa shape index (κ2) is 5.34. The van der Waals surface area contributed by atoms with E-state index in [1.54, 1.807) is 0 Å². The molecule has 0 fully saturated rings. The van der Waals surface area contributed by atoms with Gasteiger partial charge in [-0.05, 0) is 49.0 Å². The van der Waals surface area contributed by atoms with Gasteiger partial charge in [0, 0.05) is 10.0 Å². The third-order valence-electron chi connectivity index (χ3n) is 3.29. The molecule has 0 aliphatic rings. The molecule has 0 spiro atoms. The predicted molar refractivity (Wildman–Crippen MR) is 82.4 cm³/mol. The van der Waals surface area contributed by atoms with Crippen molar-refractivity contribution >= 4 is 26.7 Å². The van der Waals surface area contributed by atoms with Gasteiger partial charge in [0.1, 0.15) is 0 Å². The minimum atomic E-state index is 0.0488. The Hall–Kier alpha value is -1.72. The third-order valence-corrected chi connectivity index (χ3v) is 3.79. The highest BCUT2D eigenvalue weighted by Gasteiger charge is 2.13. The van der Waals surface area contributed by atoms with Crippen LogP contribution in [0.15, 0.2) is 45.3 Å². The van der Waals surface area contributed by atoms with Crippen LogP contribution in [0, 0.1) is 0 Å². The Morgan fingerprint density at radius 2 is 1.85 bits per heavy atom. The van der Waals surface area contributed by atoms with E-state index in [0.29, 0.717) is 11.8 Å². The Balaban J connectivity index is 2.01. The van der Waals surface area contributed by atoms with Crippen molar-refractivity contribution in [3.8, 4) is 11.5 Å². The minimum absolute atomic E-state index is 0.0488. The molecule has 3 rings (SSSR count). The van der Waals surface area contributed by atoms with Gasteiger partial charge in [-0.1, -0.05) is 28.1 Å². The van der Waals surface area contributed by atoms with E-state index in [0.717, 1.165) is 15.4 Å². The Kier molecular flexibility index (Phi) is 3.54. The van der Waals surface area contributed by atoms with Crippen LogP contribution >= 0.6 is 15.9 Å². The lowest BCUT2D eigenvalue weighted by molar-refractivity contribution is 0.441. The van der Waals surface area contributed by atoms with Crippen LogP contribution in [0.2, 0.25) is 0 Å². The molecular formula is C15H14BrN3O. The minimum Gasteiger partial charge on any atom is -0.419 e. The molecule has 20 heavy (non-hydrogen) atoms. The summed E-state index contributed by atoms with van der Waals surface area (Å²) < 4.78 is 6.77. The Morgan fingerprint density at radius 1 is 1.10 bits per heavy atom. The van der Waals surface area contributed by atoms with Crippen LogP contribution in [-0.4, -0.2) is 17.2 Å². The highest BCUT2D eigenvalue weighted by atomic mass is 79.9. The topological polar surface area (TPSA) is 51.0 Å². The third kappa shape index (κ3) is 2.46. The molecule has 0 saturated heterocycles. The van der Waals surface area contributed by atoms with E-state index in [9.17, 15) is 0 Å². The first kappa shape index (κ1) is 13.3. The summed E-state index contributed by atoms with van der Waals surface area (Å²) in [4.78, 5) is 0. The lowest BCUT2D eigenvalue weighted by atomic mass is 10.1. The number of benzene rings is 2. The molecular weight excluding hydrogens is 318 g/mol. The molecule has 3 aromatic rings. The summed E-state index contributed by atoms with van der Waals surface area (Å²) in [6.45, 7) is 1.98. The van der Waals surface area contributed by atoms with E-state index in [-0.39, 0.29) is 6.04 Å². The molecule has 1 aromatic heterocycles. The zero-order valence-electron chi connectivity index (χ0n) is 11.2. The van der Waals surface area contributed by atoms with Crippen molar-refractivity contribution in [2.75, 3.05) is 7.05 Å². The summed E-state index contributed by atoms with van der Waals surface area (Å²) >= 11 is 3.48. The summed E-state index contributed by atoms with van der Waals surface area (Å²) in [7, 11) is 1.86. The average molecular weight is 332 g/mol. The van der Waals surface area contributed by atoms with Crippen molar-refractivity contribution in [2.24, 2.45) is 0 Å². The van der Waals surface area contributed by atoms with Crippen molar-refractivity contribution in [1.29, 1.82) is 0 Å². The van der Waals surface area contributed by atoms with Crippen molar-refractivity contribution in [1.82, 2.24) is 15.5 Å². The van der Waals surface area contributed by atoms with Gasteiger partial charge in [0.25, 0.3) is 0 Å². The highest BCUT2D eigenvalue weighted by Crippen LogP contribution is 2.26. The fourth-order valence-electron chi connectivity index (χ4n) is 2.00. The molecule has 0 radical (unpaired) electrons. The van der Waals surface area contributed by atoms with E-state index in [1.807, 2.05) is 26.1 Å². The summed E-state index contributed by atoms with van der Waals surface area (Å²) in [5.41, 5.74) is 0.932. The molecule has 0 bridgehead atoms. The number of halogens is 1. The fourth-order valence-corrected chi connectivity index (χ4v) is 2.38. The summed E-state index contributed by atoms with van der Waals surface area (Å²) in [5.74, 6) is 1.14. The zero-order valence-corrected chi connectivity index (χ0v) is 12.8. The maximum atomic E-state index is 5.70. The lowest BCUT2D eigenvalue weighted by Gasteiger charge is -2.03. The number of rotatable bonds is 3. The molecule has 0 saturated carbocycles. The monoisotopic (exact) mass is 331 g/mol. The number of aromatic nitrogens is 2. The van der Waals surface area contributed by atoms with E-state index in [2.05, 4.69) is 55.7 Å². The maximum absolute atomic E-state index is 5.70. The normalized spacial score (nSPS) is 12.8. The molecule has 1 N–H and O–H groups in total. The molecule has 0 amide bonds. The lowest BCUT2D eigenvalue weighted by Crippen LogP contribution is -2.12. The van der Waals surface area contributed by atoms with Crippen molar-refractivity contribution < 1.29 is 4.42 Å². The first-order chi connectivity index (χ1) is 9.67. The van der Waals surface area contributed by atoms with Crippen molar-refractivity contribution in [3.05, 3.63) is 46.8 Å². The van der Waals surface area contributed by atoms with Crippen LogP contribution in [0.25, 0.3) is 22.2 Å². The number of nitrogens with one attached hydrogen (secondary N) is 1. The van der Waals surface area contributed by atoms with Gasteiger partial charge < -0.3 is 9.73 Å². The summed E-state index contributed by atoms with van der Waals surface area (Å²) in [5, 5.41) is 13.6. The molecule has 5 heteroatoms. The largest absolute Gasteiger partial charge is 0.419 e.